The van der Waals surface area contributed by atoms with E-state index in [1.165, 1.54) is 15.9 Å². The van der Waals surface area contributed by atoms with Gasteiger partial charge in [0.05, 0.1) is 11.2 Å². The smallest absolute Gasteiger partial charge is 0.419 e. The number of hydrogen-bond acceptors (Lipinski definition) is 7. The lowest BCUT2D eigenvalue weighted by Crippen LogP contribution is -2.19. The Balaban J connectivity index is 1.25. The second kappa shape index (κ2) is 8.09. The molecule has 8 nitrogen and oxygen atoms in total. The van der Waals surface area contributed by atoms with Gasteiger partial charge >= 0.3 is 5.76 Å². The number of ether oxygens (including phenoxy) is 2. The average molecular weight is 458 g/mol. The highest BCUT2D eigenvalue weighted by Gasteiger charge is 2.15. The first kappa shape index (κ1) is 19.7. The number of anilines is 1. The Kier molecular flexibility index (Phi) is 5.13. The van der Waals surface area contributed by atoms with Crippen LogP contribution in [0.4, 0.5) is 5.13 Å². The molecule has 0 aliphatic carbocycles. The molecule has 0 radical (unpaired) electrons. The van der Waals surface area contributed by atoms with E-state index >= 15 is 0 Å². The maximum absolute atomic E-state index is 12.4. The van der Waals surface area contributed by atoms with Gasteiger partial charge in [0.2, 0.25) is 5.91 Å². The molecule has 1 N–H and O–H groups in total. The quantitative estimate of drug-likeness (QED) is 0.483. The number of hydrogen-bond donors (Lipinski definition) is 1. The van der Waals surface area contributed by atoms with Gasteiger partial charge in [0.25, 0.3) is 0 Å². The van der Waals surface area contributed by atoms with Gasteiger partial charge in [0.15, 0.2) is 22.2 Å². The van der Waals surface area contributed by atoms with Crippen LogP contribution in [0.5, 0.6) is 11.5 Å². The maximum Gasteiger partial charge on any atom is 0.419 e. The predicted octanol–water partition coefficient (Wildman–Crippen LogP) is 4.17. The van der Waals surface area contributed by atoms with Crippen LogP contribution in [0, 0.1) is 0 Å². The van der Waals surface area contributed by atoms with Gasteiger partial charge in [-0.2, -0.15) is 0 Å². The standard InChI is InChI=1S/C21H16ClN3O5S/c22-13-2-3-15-17(10-13)30-21(27)25(15)6-5-19(26)24-20-23-14(11-31-20)12-1-4-16-18(9-12)29-8-7-28-16/h1-4,9-11H,5-8H2,(H,23,24,26). The number of nitrogens with zero attached hydrogens (tertiary/aromatic N) is 2. The van der Waals surface area contributed by atoms with E-state index in [1.54, 1.807) is 18.2 Å². The lowest BCUT2D eigenvalue weighted by Gasteiger charge is -2.18. The third-order valence-corrected chi connectivity index (χ3v) is 5.77. The van der Waals surface area contributed by atoms with Crippen LogP contribution >= 0.6 is 22.9 Å². The van der Waals surface area contributed by atoms with E-state index in [0.29, 0.717) is 46.0 Å². The molecule has 2 aromatic carbocycles. The van der Waals surface area contributed by atoms with E-state index in [9.17, 15) is 9.59 Å². The second-order valence-corrected chi connectivity index (χ2v) is 8.12. The first-order chi connectivity index (χ1) is 15.1. The van der Waals surface area contributed by atoms with E-state index in [-0.39, 0.29) is 18.9 Å². The Morgan fingerprint density at radius 2 is 2.00 bits per heavy atom. The molecular weight excluding hydrogens is 442 g/mol. The zero-order valence-electron chi connectivity index (χ0n) is 16.1. The monoisotopic (exact) mass is 457 g/mol. The highest BCUT2D eigenvalue weighted by molar-refractivity contribution is 7.14. The fraction of sp³-hybridized carbons (Fsp3) is 0.190. The zero-order valence-corrected chi connectivity index (χ0v) is 17.7. The number of carbonyl (C=O) groups excluding carboxylic acids is 1. The molecule has 31 heavy (non-hydrogen) atoms. The van der Waals surface area contributed by atoms with Gasteiger partial charge in [-0.05, 0) is 30.3 Å². The SMILES string of the molecule is O=C(CCn1c(=O)oc2cc(Cl)ccc21)Nc1nc(-c2ccc3c(c2)OCCO3)cs1. The third kappa shape index (κ3) is 4.01. The van der Waals surface area contributed by atoms with Crippen molar-refractivity contribution in [3.8, 4) is 22.8 Å². The Morgan fingerprint density at radius 1 is 1.16 bits per heavy atom. The van der Waals surface area contributed by atoms with Gasteiger partial charge in [0, 0.05) is 35.0 Å². The first-order valence-corrected chi connectivity index (χ1v) is 10.8. The fourth-order valence-corrected chi connectivity index (χ4v) is 4.21. The largest absolute Gasteiger partial charge is 0.486 e. The summed E-state index contributed by atoms with van der Waals surface area (Å²) in [6.07, 6.45) is 0.0934. The maximum atomic E-state index is 12.4. The molecule has 158 valence electrons. The summed E-state index contributed by atoms with van der Waals surface area (Å²) in [5.74, 6) is 0.614. The van der Waals surface area contributed by atoms with E-state index < -0.39 is 5.76 Å². The van der Waals surface area contributed by atoms with Gasteiger partial charge in [-0.3, -0.25) is 9.36 Å². The Labute approximate surface area is 185 Å². The number of oxazole rings is 1. The second-order valence-electron chi connectivity index (χ2n) is 6.83. The summed E-state index contributed by atoms with van der Waals surface area (Å²) in [5, 5.41) is 5.59. The summed E-state index contributed by atoms with van der Waals surface area (Å²) in [5.41, 5.74) is 2.58. The summed E-state index contributed by atoms with van der Waals surface area (Å²) in [4.78, 5) is 29.0. The number of rotatable bonds is 5. The molecule has 0 spiro atoms. The minimum Gasteiger partial charge on any atom is -0.486 e. The van der Waals surface area contributed by atoms with Crippen molar-refractivity contribution in [3.05, 3.63) is 57.4 Å². The molecule has 3 heterocycles. The van der Waals surface area contributed by atoms with Crippen LogP contribution in [-0.4, -0.2) is 28.7 Å². The Morgan fingerprint density at radius 3 is 2.87 bits per heavy atom. The van der Waals surface area contributed by atoms with Crippen molar-refractivity contribution in [2.45, 2.75) is 13.0 Å². The number of aryl methyl sites for hydroxylation is 1. The number of halogens is 1. The lowest BCUT2D eigenvalue weighted by molar-refractivity contribution is -0.116. The molecule has 10 heteroatoms. The highest BCUT2D eigenvalue weighted by Crippen LogP contribution is 2.35. The molecule has 2 aromatic heterocycles. The molecule has 0 saturated heterocycles. The molecule has 0 atom stereocenters. The molecule has 0 fully saturated rings. The van der Waals surface area contributed by atoms with Crippen LogP contribution in [0.15, 0.2) is 51.0 Å². The molecule has 1 aliphatic rings. The van der Waals surface area contributed by atoms with Crippen LogP contribution in [0.1, 0.15) is 6.42 Å². The van der Waals surface area contributed by atoms with Gasteiger partial charge in [-0.25, -0.2) is 9.78 Å². The van der Waals surface area contributed by atoms with Crippen LogP contribution in [0.3, 0.4) is 0 Å². The minimum absolute atomic E-state index is 0.0934. The summed E-state index contributed by atoms with van der Waals surface area (Å²) in [6, 6.07) is 10.6. The molecule has 1 aliphatic heterocycles. The predicted molar refractivity (Wildman–Crippen MR) is 117 cm³/mol. The van der Waals surface area contributed by atoms with E-state index in [2.05, 4.69) is 10.3 Å². The topological polar surface area (TPSA) is 95.6 Å². The third-order valence-electron chi connectivity index (χ3n) is 4.78. The first-order valence-electron chi connectivity index (χ1n) is 9.51. The number of benzene rings is 2. The van der Waals surface area contributed by atoms with E-state index in [0.717, 1.165) is 11.3 Å². The molecule has 0 saturated carbocycles. The van der Waals surface area contributed by atoms with Gasteiger partial charge in [0.1, 0.15) is 13.2 Å². The van der Waals surface area contributed by atoms with Crippen molar-refractivity contribution < 1.29 is 18.7 Å². The Hall–Kier alpha value is -3.30. The molecule has 0 bridgehead atoms. The van der Waals surface area contributed by atoms with Crippen LogP contribution in [0.25, 0.3) is 22.4 Å². The van der Waals surface area contributed by atoms with Crippen molar-refractivity contribution >= 4 is 45.1 Å². The lowest BCUT2D eigenvalue weighted by atomic mass is 10.1. The van der Waals surface area contributed by atoms with Gasteiger partial charge in [-0.1, -0.05) is 11.6 Å². The highest BCUT2D eigenvalue weighted by atomic mass is 35.5. The van der Waals surface area contributed by atoms with Gasteiger partial charge in [-0.15, -0.1) is 11.3 Å². The fourth-order valence-electron chi connectivity index (χ4n) is 3.31. The number of carbonyl (C=O) groups is 1. The number of fused-ring (bicyclic) bond motifs is 2. The molecular formula is C21H16ClN3O5S. The van der Waals surface area contributed by atoms with Crippen molar-refractivity contribution in [1.29, 1.82) is 0 Å². The zero-order chi connectivity index (χ0) is 21.4. The minimum atomic E-state index is -0.528. The number of thiazole rings is 1. The van der Waals surface area contributed by atoms with Crippen LogP contribution in [0.2, 0.25) is 5.02 Å². The molecule has 0 unspecified atom stereocenters. The summed E-state index contributed by atoms with van der Waals surface area (Å²) in [6.45, 7) is 1.23. The van der Waals surface area contributed by atoms with Crippen molar-refractivity contribution in [3.63, 3.8) is 0 Å². The number of amides is 1. The van der Waals surface area contributed by atoms with Crippen LogP contribution in [-0.2, 0) is 11.3 Å². The summed E-state index contributed by atoms with van der Waals surface area (Å²) in [7, 11) is 0. The average Bonchev–Trinajstić information content (AvgIpc) is 3.35. The van der Waals surface area contributed by atoms with Crippen molar-refractivity contribution in [2.24, 2.45) is 0 Å². The molecule has 1 amide bonds. The van der Waals surface area contributed by atoms with Crippen LogP contribution < -0.4 is 20.5 Å². The molecule has 5 rings (SSSR count). The van der Waals surface area contributed by atoms with Crippen molar-refractivity contribution in [1.82, 2.24) is 9.55 Å². The summed E-state index contributed by atoms with van der Waals surface area (Å²) >= 11 is 7.25. The van der Waals surface area contributed by atoms with E-state index in [4.69, 9.17) is 25.5 Å². The van der Waals surface area contributed by atoms with Crippen molar-refractivity contribution in [2.75, 3.05) is 18.5 Å². The number of aromatic nitrogens is 2. The normalized spacial score (nSPS) is 12.8. The Bertz CT molecular complexity index is 1340. The van der Waals surface area contributed by atoms with E-state index in [1.807, 2.05) is 23.6 Å². The van der Waals surface area contributed by atoms with Gasteiger partial charge < -0.3 is 19.2 Å². The molecule has 4 aromatic rings. The number of nitrogens with one attached hydrogen (secondary N) is 1. The summed E-state index contributed by atoms with van der Waals surface area (Å²) < 4.78 is 17.7.